The number of aliphatic carboxylic acids is 1. The SMILES string of the molecule is CC(C)COc1ccc(C(=O)N/C(=C\c2ccccc2)C(=O)NCCCC(=O)O)cc1. The van der Waals surface area contributed by atoms with E-state index in [1.54, 1.807) is 30.3 Å². The monoisotopic (exact) mass is 424 g/mol. The minimum atomic E-state index is -0.927. The van der Waals surface area contributed by atoms with Crippen LogP contribution in [0.5, 0.6) is 5.75 Å². The maximum atomic E-state index is 12.7. The largest absolute Gasteiger partial charge is 0.493 e. The molecule has 0 saturated heterocycles. The minimum absolute atomic E-state index is 0.0460. The Kier molecular flexibility index (Phi) is 9.29. The Hall–Kier alpha value is -3.61. The summed E-state index contributed by atoms with van der Waals surface area (Å²) in [5.74, 6) is -0.787. The van der Waals surface area contributed by atoms with E-state index < -0.39 is 17.8 Å². The molecule has 164 valence electrons. The number of ether oxygens (including phenoxy) is 1. The minimum Gasteiger partial charge on any atom is -0.493 e. The average Bonchev–Trinajstić information content (AvgIpc) is 2.75. The highest BCUT2D eigenvalue weighted by Gasteiger charge is 2.15. The zero-order valence-corrected chi connectivity index (χ0v) is 17.8. The maximum absolute atomic E-state index is 12.7. The van der Waals surface area contributed by atoms with Crippen molar-refractivity contribution in [2.45, 2.75) is 26.7 Å². The van der Waals surface area contributed by atoms with E-state index in [-0.39, 0.29) is 18.7 Å². The summed E-state index contributed by atoms with van der Waals surface area (Å²) in [7, 11) is 0. The van der Waals surface area contributed by atoms with Gasteiger partial charge in [0.2, 0.25) is 0 Å². The van der Waals surface area contributed by atoms with Crippen LogP contribution in [0.25, 0.3) is 6.08 Å². The summed E-state index contributed by atoms with van der Waals surface area (Å²) in [5.41, 5.74) is 1.21. The lowest BCUT2D eigenvalue weighted by atomic mass is 10.1. The van der Waals surface area contributed by atoms with Gasteiger partial charge in [-0.25, -0.2) is 0 Å². The highest BCUT2D eigenvalue weighted by atomic mass is 16.5. The summed E-state index contributed by atoms with van der Waals surface area (Å²) in [6, 6.07) is 15.8. The quantitative estimate of drug-likeness (QED) is 0.378. The van der Waals surface area contributed by atoms with Crippen molar-refractivity contribution in [1.29, 1.82) is 0 Å². The Morgan fingerprint density at radius 1 is 1.03 bits per heavy atom. The average molecular weight is 424 g/mol. The second-order valence-corrected chi connectivity index (χ2v) is 7.41. The summed E-state index contributed by atoms with van der Waals surface area (Å²) >= 11 is 0. The molecule has 0 aliphatic rings. The van der Waals surface area contributed by atoms with Gasteiger partial charge < -0.3 is 20.5 Å². The first kappa shape index (κ1) is 23.7. The Balaban J connectivity index is 2.09. The maximum Gasteiger partial charge on any atom is 0.303 e. The van der Waals surface area contributed by atoms with Gasteiger partial charge in [0.1, 0.15) is 11.4 Å². The molecule has 0 heterocycles. The molecule has 0 fully saturated rings. The fourth-order valence-corrected chi connectivity index (χ4v) is 2.57. The van der Waals surface area contributed by atoms with Crippen molar-refractivity contribution in [3.63, 3.8) is 0 Å². The fourth-order valence-electron chi connectivity index (χ4n) is 2.57. The topological polar surface area (TPSA) is 105 Å². The highest BCUT2D eigenvalue weighted by molar-refractivity contribution is 6.05. The van der Waals surface area contributed by atoms with Crippen LogP contribution in [0.4, 0.5) is 0 Å². The van der Waals surface area contributed by atoms with Crippen molar-refractivity contribution in [1.82, 2.24) is 10.6 Å². The van der Waals surface area contributed by atoms with Gasteiger partial charge >= 0.3 is 5.97 Å². The summed E-state index contributed by atoms with van der Waals surface area (Å²) in [4.78, 5) is 35.9. The van der Waals surface area contributed by atoms with Crippen LogP contribution in [0.15, 0.2) is 60.3 Å². The van der Waals surface area contributed by atoms with Gasteiger partial charge in [0.05, 0.1) is 6.61 Å². The molecule has 7 nitrogen and oxygen atoms in total. The Labute approximate surface area is 182 Å². The molecule has 2 aromatic carbocycles. The summed E-state index contributed by atoms with van der Waals surface area (Å²) < 4.78 is 5.62. The molecule has 31 heavy (non-hydrogen) atoms. The molecule has 0 aromatic heterocycles. The molecule has 0 atom stereocenters. The van der Waals surface area contributed by atoms with Crippen LogP contribution in [0, 0.1) is 5.92 Å². The van der Waals surface area contributed by atoms with Gasteiger partial charge in [-0.3, -0.25) is 14.4 Å². The number of nitrogens with one attached hydrogen (secondary N) is 2. The Morgan fingerprint density at radius 3 is 2.32 bits per heavy atom. The third-order valence-electron chi connectivity index (χ3n) is 4.16. The summed E-state index contributed by atoms with van der Waals surface area (Å²) in [6.07, 6.45) is 1.83. The van der Waals surface area contributed by atoms with E-state index >= 15 is 0 Å². The Morgan fingerprint density at radius 2 is 1.71 bits per heavy atom. The molecule has 7 heteroatoms. The smallest absolute Gasteiger partial charge is 0.303 e. The molecule has 0 unspecified atom stereocenters. The number of carboxylic acid groups (broad SMARTS) is 1. The zero-order chi connectivity index (χ0) is 22.6. The number of carbonyl (C=O) groups excluding carboxylic acids is 2. The number of hydrogen-bond donors (Lipinski definition) is 3. The third kappa shape index (κ3) is 8.74. The number of benzene rings is 2. The molecular formula is C24H28N2O5. The number of hydrogen-bond acceptors (Lipinski definition) is 4. The molecule has 0 spiro atoms. The molecular weight excluding hydrogens is 396 g/mol. The van der Waals surface area contributed by atoms with E-state index in [9.17, 15) is 14.4 Å². The number of amides is 2. The van der Waals surface area contributed by atoms with Crippen LogP contribution in [0.1, 0.15) is 42.6 Å². The number of carbonyl (C=O) groups is 3. The molecule has 0 aliphatic carbocycles. The predicted molar refractivity (Wildman–Crippen MR) is 119 cm³/mol. The van der Waals surface area contributed by atoms with Crippen molar-refractivity contribution >= 4 is 23.9 Å². The molecule has 0 saturated carbocycles. The van der Waals surface area contributed by atoms with Crippen molar-refractivity contribution in [2.75, 3.05) is 13.2 Å². The van der Waals surface area contributed by atoms with Crippen LogP contribution < -0.4 is 15.4 Å². The first-order valence-corrected chi connectivity index (χ1v) is 10.2. The van der Waals surface area contributed by atoms with Gasteiger partial charge in [0.25, 0.3) is 11.8 Å². The normalized spacial score (nSPS) is 11.1. The van der Waals surface area contributed by atoms with Gasteiger partial charge in [-0.2, -0.15) is 0 Å². The van der Waals surface area contributed by atoms with Gasteiger partial charge in [-0.1, -0.05) is 44.2 Å². The van der Waals surface area contributed by atoms with Crippen molar-refractivity contribution in [2.24, 2.45) is 5.92 Å². The van der Waals surface area contributed by atoms with Crippen molar-refractivity contribution in [3.05, 3.63) is 71.4 Å². The molecule has 0 radical (unpaired) electrons. The van der Waals surface area contributed by atoms with Crippen LogP contribution in [0.3, 0.4) is 0 Å². The molecule has 0 aliphatic heterocycles. The Bertz CT molecular complexity index is 905. The zero-order valence-electron chi connectivity index (χ0n) is 17.8. The third-order valence-corrected chi connectivity index (χ3v) is 4.16. The van der Waals surface area contributed by atoms with E-state index in [0.717, 1.165) is 5.56 Å². The molecule has 2 aromatic rings. The van der Waals surface area contributed by atoms with Gasteiger partial charge in [0, 0.05) is 18.5 Å². The standard InChI is InChI=1S/C24H28N2O5/c1-17(2)16-31-20-12-10-19(11-13-20)23(29)26-21(15-18-7-4-3-5-8-18)24(30)25-14-6-9-22(27)28/h3-5,7-8,10-13,15,17H,6,9,14,16H2,1-2H3,(H,25,30)(H,26,29)(H,27,28)/b21-15-. The molecule has 2 rings (SSSR count). The molecule has 0 bridgehead atoms. The fraction of sp³-hybridized carbons (Fsp3) is 0.292. The lowest BCUT2D eigenvalue weighted by molar-refractivity contribution is -0.137. The summed E-state index contributed by atoms with van der Waals surface area (Å²) in [6.45, 7) is 4.87. The van der Waals surface area contributed by atoms with E-state index in [2.05, 4.69) is 24.5 Å². The highest BCUT2D eigenvalue weighted by Crippen LogP contribution is 2.14. The van der Waals surface area contributed by atoms with E-state index in [0.29, 0.717) is 30.3 Å². The molecule has 3 N–H and O–H groups in total. The van der Waals surface area contributed by atoms with E-state index in [4.69, 9.17) is 9.84 Å². The molecule has 2 amide bonds. The lowest BCUT2D eigenvalue weighted by Crippen LogP contribution is -2.35. The number of carboxylic acids is 1. The summed E-state index contributed by atoms with van der Waals surface area (Å²) in [5, 5.41) is 14.0. The van der Waals surface area contributed by atoms with Crippen LogP contribution in [-0.4, -0.2) is 36.0 Å². The van der Waals surface area contributed by atoms with Gasteiger partial charge in [-0.05, 0) is 48.2 Å². The lowest BCUT2D eigenvalue weighted by Gasteiger charge is -2.12. The second kappa shape index (κ2) is 12.2. The van der Waals surface area contributed by atoms with Crippen molar-refractivity contribution in [3.8, 4) is 5.75 Å². The van der Waals surface area contributed by atoms with E-state index in [1.807, 2.05) is 30.3 Å². The van der Waals surface area contributed by atoms with Crippen LogP contribution in [0.2, 0.25) is 0 Å². The van der Waals surface area contributed by atoms with Crippen LogP contribution in [-0.2, 0) is 9.59 Å². The first-order valence-electron chi connectivity index (χ1n) is 10.2. The van der Waals surface area contributed by atoms with Crippen LogP contribution >= 0.6 is 0 Å². The van der Waals surface area contributed by atoms with Gasteiger partial charge in [-0.15, -0.1) is 0 Å². The van der Waals surface area contributed by atoms with E-state index in [1.165, 1.54) is 0 Å². The second-order valence-electron chi connectivity index (χ2n) is 7.41. The predicted octanol–water partition coefficient (Wildman–Crippen LogP) is 3.47. The number of rotatable bonds is 11. The first-order chi connectivity index (χ1) is 14.8. The van der Waals surface area contributed by atoms with Gasteiger partial charge in [0.15, 0.2) is 0 Å². The van der Waals surface area contributed by atoms with Crippen molar-refractivity contribution < 1.29 is 24.2 Å².